The minimum absolute atomic E-state index is 0.0549. The molecule has 0 atom stereocenters. The maximum Gasteiger partial charge on any atom is 0.249 e. The van der Waals surface area contributed by atoms with Crippen molar-refractivity contribution in [2.24, 2.45) is 0 Å². The molecule has 2 amide bonds. The van der Waals surface area contributed by atoms with Crippen LogP contribution in [0.4, 0.5) is 0 Å². The van der Waals surface area contributed by atoms with Crippen LogP contribution in [-0.4, -0.2) is 48.1 Å². The number of amides is 2. The van der Waals surface area contributed by atoms with Crippen LogP contribution >= 0.6 is 0 Å². The number of piperazine rings is 1. The summed E-state index contributed by atoms with van der Waals surface area (Å²) in [5.74, 6) is 0.00216. The summed E-state index contributed by atoms with van der Waals surface area (Å²) >= 11 is 0. The lowest BCUT2D eigenvalue weighted by molar-refractivity contribution is -0.157. The van der Waals surface area contributed by atoms with Gasteiger partial charge in [-0.05, 0) is 26.7 Å². The van der Waals surface area contributed by atoms with Crippen molar-refractivity contribution >= 4 is 11.8 Å². The van der Waals surface area contributed by atoms with Crippen LogP contribution in [0.25, 0.3) is 0 Å². The summed E-state index contributed by atoms with van der Waals surface area (Å²) in [6.45, 7) is 4.45. The van der Waals surface area contributed by atoms with E-state index >= 15 is 0 Å². The average Bonchev–Trinajstić information content (AvgIpc) is 2.72. The monoisotopic (exact) mass is 254 g/mol. The largest absolute Gasteiger partial charge is 0.382 e. The Kier molecular flexibility index (Phi) is 3.36. The van der Waals surface area contributed by atoms with Crippen molar-refractivity contribution in [3.05, 3.63) is 0 Å². The van der Waals surface area contributed by atoms with Crippen LogP contribution in [0.1, 0.15) is 39.5 Å². The summed E-state index contributed by atoms with van der Waals surface area (Å²) < 4.78 is 5.17. The second-order valence-corrected chi connectivity index (χ2v) is 5.97. The second kappa shape index (κ2) is 4.53. The summed E-state index contributed by atoms with van der Waals surface area (Å²) in [6, 6.07) is 0. The van der Waals surface area contributed by atoms with Gasteiger partial charge >= 0.3 is 0 Å². The van der Waals surface area contributed by atoms with Gasteiger partial charge in [-0.25, -0.2) is 0 Å². The SMILES string of the molecule is COCC(C)(C)N1CC(=O)NC2(CCCC2)C1=O. The maximum atomic E-state index is 12.7. The highest BCUT2D eigenvalue weighted by molar-refractivity contribution is 5.98. The van der Waals surface area contributed by atoms with Crippen LogP contribution < -0.4 is 5.32 Å². The lowest BCUT2D eigenvalue weighted by Gasteiger charge is -2.46. The van der Waals surface area contributed by atoms with Gasteiger partial charge < -0.3 is 15.0 Å². The van der Waals surface area contributed by atoms with Crippen molar-refractivity contribution in [2.75, 3.05) is 20.3 Å². The molecule has 5 nitrogen and oxygen atoms in total. The van der Waals surface area contributed by atoms with E-state index in [0.29, 0.717) is 6.61 Å². The first-order chi connectivity index (χ1) is 8.41. The normalized spacial score (nSPS) is 23.6. The number of nitrogens with one attached hydrogen (secondary N) is 1. The lowest BCUT2D eigenvalue weighted by Crippen LogP contribution is -2.70. The summed E-state index contributed by atoms with van der Waals surface area (Å²) in [4.78, 5) is 26.2. The standard InChI is InChI=1S/C13H22N2O3/c1-12(2,9-18-3)15-8-10(16)14-13(11(15)17)6-4-5-7-13/h4-9H2,1-3H3,(H,14,16). The molecule has 1 spiro atoms. The third kappa shape index (κ3) is 2.11. The van der Waals surface area contributed by atoms with Gasteiger partial charge in [-0.3, -0.25) is 9.59 Å². The number of hydrogen-bond acceptors (Lipinski definition) is 3. The Bertz CT molecular complexity index is 359. The van der Waals surface area contributed by atoms with Crippen LogP contribution in [0.5, 0.6) is 0 Å². The number of carbonyl (C=O) groups is 2. The van der Waals surface area contributed by atoms with Crippen molar-refractivity contribution in [3.8, 4) is 0 Å². The molecule has 0 bridgehead atoms. The van der Waals surface area contributed by atoms with E-state index in [4.69, 9.17) is 4.74 Å². The molecule has 1 saturated carbocycles. The molecular weight excluding hydrogens is 232 g/mol. The topological polar surface area (TPSA) is 58.6 Å². The first-order valence-corrected chi connectivity index (χ1v) is 6.53. The highest BCUT2D eigenvalue weighted by atomic mass is 16.5. The fourth-order valence-electron chi connectivity index (χ4n) is 3.07. The van der Waals surface area contributed by atoms with Crippen LogP contribution in [0, 0.1) is 0 Å². The van der Waals surface area contributed by atoms with E-state index in [1.165, 1.54) is 0 Å². The molecule has 18 heavy (non-hydrogen) atoms. The summed E-state index contributed by atoms with van der Waals surface area (Å²) in [5, 5.41) is 2.91. The lowest BCUT2D eigenvalue weighted by atomic mass is 9.89. The highest BCUT2D eigenvalue weighted by Crippen LogP contribution is 2.35. The molecule has 0 unspecified atom stereocenters. The minimum atomic E-state index is -0.639. The van der Waals surface area contributed by atoms with E-state index in [-0.39, 0.29) is 18.4 Å². The Balaban J connectivity index is 2.25. The molecule has 1 aliphatic carbocycles. The molecule has 1 N–H and O–H groups in total. The molecule has 2 aliphatic rings. The van der Waals surface area contributed by atoms with Crippen molar-refractivity contribution in [1.29, 1.82) is 0 Å². The third-order valence-corrected chi connectivity index (χ3v) is 4.02. The minimum Gasteiger partial charge on any atom is -0.382 e. The van der Waals surface area contributed by atoms with Crippen LogP contribution in [-0.2, 0) is 14.3 Å². The Hall–Kier alpha value is -1.10. The Morgan fingerprint density at radius 3 is 2.50 bits per heavy atom. The van der Waals surface area contributed by atoms with Crippen LogP contribution in [0.15, 0.2) is 0 Å². The Morgan fingerprint density at radius 1 is 1.33 bits per heavy atom. The van der Waals surface area contributed by atoms with Crippen molar-refractivity contribution < 1.29 is 14.3 Å². The first kappa shape index (κ1) is 13.3. The van der Waals surface area contributed by atoms with E-state index in [9.17, 15) is 9.59 Å². The zero-order chi connectivity index (χ0) is 13.4. The number of methoxy groups -OCH3 is 1. The number of hydrogen-bond donors (Lipinski definition) is 1. The van der Waals surface area contributed by atoms with E-state index in [2.05, 4.69) is 5.32 Å². The molecule has 102 valence electrons. The average molecular weight is 254 g/mol. The van der Waals surface area contributed by atoms with Gasteiger partial charge in [-0.2, -0.15) is 0 Å². The molecule has 0 aromatic rings. The predicted octanol–water partition coefficient (Wildman–Crippen LogP) is 0.683. The van der Waals surface area contributed by atoms with Crippen LogP contribution in [0.2, 0.25) is 0 Å². The number of nitrogens with zero attached hydrogens (tertiary/aromatic N) is 1. The second-order valence-electron chi connectivity index (χ2n) is 5.97. The zero-order valence-corrected chi connectivity index (χ0v) is 11.4. The molecule has 0 aromatic heterocycles. The molecule has 2 fully saturated rings. The predicted molar refractivity (Wildman–Crippen MR) is 67.0 cm³/mol. The molecule has 1 saturated heterocycles. The molecule has 1 heterocycles. The highest BCUT2D eigenvalue weighted by Gasteiger charge is 2.51. The smallest absolute Gasteiger partial charge is 0.249 e. The Morgan fingerprint density at radius 2 is 1.94 bits per heavy atom. The van der Waals surface area contributed by atoms with Gasteiger partial charge in [0.05, 0.1) is 12.1 Å². The van der Waals surface area contributed by atoms with E-state index in [1.807, 2.05) is 13.8 Å². The van der Waals surface area contributed by atoms with Crippen molar-refractivity contribution in [1.82, 2.24) is 10.2 Å². The molecule has 0 radical (unpaired) electrons. The van der Waals surface area contributed by atoms with E-state index < -0.39 is 11.1 Å². The summed E-state index contributed by atoms with van der Waals surface area (Å²) in [7, 11) is 1.61. The molecule has 0 aromatic carbocycles. The van der Waals surface area contributed by atoms with E-state index in [0.717, 1.165) is 25.7 Å². The van der Waals surface area contributed by atoms with Crippen molar-refractivity contribution in [3.63, 3.8) is 0 Å². The van der Waals surface area contributed by atoms with Gasteiger partial charge in [0.1, 0.15) is 12.1 Å². The molecule has 2 rings (SSSR count). The van der Waals surface area contributed by atoms with E-state index in [1.54, 1.807) is 12.0 Å². The third-order valence-electron chi connectivity index (χ3n) is 4.02. The quantitative estimate of drug-likeness (QED) is 0.806. The number of ether oxygens (including phenoxy) is 1. The first-order valence-electron chi connectivity index (χ1n) is 6.53. The molecule has 5 heteroatoms. The van der Waals surface area contributed by atoms with Crippen molar-refractivity contribution in [2.45, 2.75) is 50.6 Å². The van der Waals surface area contributed by atoms with Crippen LogP contribution in [0.3, 0.4) is 0 Å². The number of carbonyl (C=O) groups excluding carboxylic acids is 2. The van der Waals surface area contributed by atoms with Gasteiger partial charge in [-0.15, -0.1) is 0 Å². The van der Waals surface area contributed by atoms with Gasteiger partial charge in [0.15, 0.2) is 0 Å². The zero-order valence-electron chi connectivity index (χ0n) is 11.4. The fraction of sp³-hybridized carbons (Fsp3) is 0.846. The van der Waals surface area contributed by atoms with Gasteiger partial charge in [-0.1, -0.05) is 12.8 Å². The maximum absolute atomic E-state index is 12.7. The summed E-state index contributed by atoms with van der Waals surface area (Å²) in [5.41, 5.74) is -1.08. The number of rotatable bonds is 3. The van der Waals surface area contributed by atoms with Gasteiger partial charge in [0, 0.05) is 7.11 Å². The van der Waals surface area contributed by atoms with Gasteiger partial charge in [0.2, 0.25) is 11.8 Å². The van der Waals surface area contributed by atoms with Gasteiger partial charge in [0.25, 0.3) is 0 Å². The Labute approximate surface area is 108 Å². The summed E-state index contributed by atoms with van der Waals surface area (Å²) in [6.07, 6.45) is 3.53. The molecule has 1 aliphatic heterocycles. The fourth-order valence-corrected chi connectivity index (χ4v) is 3.07. The molecular formula is C13H22N2O3.